The van der Waals surface area contributed by atoms with Gasteiger partial charge >= 0.3 is 5.97 Å². The van der Waals surface area contributed by atoms with E-state index in [-0.39, 0.29) is 16.2 Å². The van der Waals surface area contributed by atoms with Crippen LogP contribution >= 0.6 is 11.6 Å². The third-order valence-electron chi connectivity index (χ3n) is 3.79. The molecule has 11 heteroatoms. The minimum Gasteiger partial charge on any atom is -0.744 e. The predicted octanol–water partition coefficient (Wildman–Crippen LogP) is 3.50. The Morgan fingerprint density at radius 2 is 1.55 bits per heavy atom. The summed E-state index contributed by atoms with van der Waals surface area (Å²) in [5.74, 6) is -0.516. The van der Waals surface area contributed by atoms with Gasteiger partial charge in [-0.2, -0.15) is 0 Å². The molecule has 0 amide bonds. The number of carbonyl (C=O) groups excluding carboxylic acids is 1. The molecule has 2 aromatic rings. The number of carbonyl (C=O) groups is 1. The first-order valence-corrected chi connectivity index (χ1v) is 13.0. The molecule has 2 rings (SSSR count). The zero-order valence-corrected chi connectivity index (χ0v) is 21.1. The van der Waals surface area contributed by atoms with Crippen molar-refractivity contribution in [3.8, 4) is 0 Å². The molecular weight excluding hydrogens is 490 g/mol. The fraction of sp³-hybridized carbons (Fsp3) is 0.318. The number of ether oxygens (including phenoxy) is 1. The molecule has 182 valence electrons. The van der Waals surface area contributed by atoms with Crippen LogP contribution in [0.5, 0.6) is 0 Å². The lowest BCUT2D eigenvalue weighted by atomic mass is 10.2. The Labute approximate surface area is 200 Å². The van der Waals surface area contributed by atoms with Gasteiger partial charge in [0.15, 0.2) is 0 Å². The molecule has 0 heterocycles. The van der Waals surface area contributed by atoms with E-state index in [0.717, 1.165) is 11.6 Å². The SMILES string of the molecule is CC(C)(C)OC(=O)C[C@H](N)/C=C(\Cl)S(=O)(=O)c1ccccc1.Cc1ccc(S(=O)(=O)[O-])cc1. The molecule has 0 aliphatic heterocycles. The number of rotatable bonds is 6. The highest BCUT2D eigenvalue weighted by atomic mass is 35.5. The predicted molar refractivity (Wildman–Crippen MR) is 125 cm³/mol. The van der Waals surface area contributed by atoms with Crippen LogP contribution in [0.2, 0.25) is 0 Å². The summed E-state index contributed by atoms with van der Waals surface area (Å²) >= 11 is 5.86. The summed E-state index contributed by atoms with van der Waals surface area (Å²) in [4.78, 5) is 11.5. The first-order valence-electron chi connectivity index (χ1n) is 9.70. The summed E-state index contributed by atoms with van der Waals surface area (Å²) in [6.45, 7) is 7.03. The molecule has 0 aliphatic carbocycles. The van der Waals surface area contributed by atoms with E-state index in [4.69, 9.17) is 22.1 Å². The van der Waals surface area contributed by atoms with Gasteiger partial charge in [-0.25, -0.2) is 16.8 Å². The lowest BCUT2D eigenvalue weighted by molar-refractivity contribution is -0.154. The van der Waals surface area contributed by atoms with Crippen LogP contribution in [0, 0.1) is 6.92 Å². The molecule has 0 saturated carbocycles. The number of sulfone groups is 1. The standard InChI is InChI=1S/C15H20ClNO4S.C7H8O3S/c1-15(2,3)21-14(18)10-11(17)9-13(16)22(19,20)12-7-5-4-6-8-12;1-6-2-4-7(5-3-6)11(8,9)10/h4-9,11H,10,17H2,1-3H3;2-5H,1H3,(H,8,9,10)/p-1/b13-9+;/t11-;/m1./s1. The summed E-state index contributed by atoms with van der Waals surface area (Å²) in [6, 6.07) is 12.7. The second kappa shape index (κ2) is 11.8. The fourth-order valence-corrected chi connectivity index (χ4v) is 4.30. The maximum absolute atomic E-state index is 12.2. The molecule has 0 aromatic heterocycles. The third kappa shape index (κ3) is 10.5. The second-order valence-electron chi connectivity index (χ2n) is 8.01. The maximum Gasteiger partial charge on any atom is 0.308 e. The van der Waals surface area contributed by atoms with Crippen molar-refractivity contribution >= 4 is 37.5 Å². The van der Waals surface area contributed by atoms with Crippen LogP contribution in [-0.4, -0.2) is 39.0 Å². The highest BCUT2D eigenvalue weighted by molar-refractivity contribution is 7.96. The topological polar surface area (TPSA) is 144 Å². The summed E-state index contributed by atoms with van der Waals surface area (Å²) in [7, 11) is -8.08. The van der Waals surface area contributed by atoms with Gasteiger partial charge in [0.25, 0.3) is 0 Å². The second-order valence-corrected chi connectivity index (χ2v) is 11.9. The average molecular weight is 517 g/mol. The molecule has 2 N–H and O–H groups in total. The van der Waals surface area contributed by atoms with Crippen molar-refractivity contribution in [2.24, 2.45) is 5.73 Å². The van der Waals surface area contributed by atoms with Gasteiger partial charge in [-0.05, 0) is 58.0 Å². The summed E-state index contributed by atoms with van der Waals surface area (Å²) in [6.07, 6.45) is 0.992. The van der Waals surface area contributed by atoms with Crippen molar-refractivity contribution in [1.29, 1.82) is 0 Å². The largest absolute Gasteiger partial charge is 0.744 e. The van der Waals surface area contributed by atoms with Crippen LogP contribution in [0.15, 0.2) is 74.8 Å². The van der Waals surface area contributed by atoms with Gasteiger partial charge in [-0.15, -0.1) is 0 Å². The van der Waals surface area contributed by atoms with Crippen molar-refractivity contribution in [2.75, 3.05) is 0 Å². The monoisotopic (exact) mass is 516 g/mol. The van der Waals surface area contributed by atoms with Gasteiger partial charge < -0.3 is 15.0 Å². The molecule has 33 heavy (non-hydrogen) atoms. The number of benzene rings is 2. The van der Waals surface area contributed by atoms with Crippen LogP contribution in [0.25, 0.3) is 0 Å². The van der Waals surface area contributed by atoms with Crippen molar-refractivity contribution in [2.45, 2.75) is 55.5 Å². The van der Waals surface area contributed by atoms with Crippen LogP contribution in [0.4, 0.5) is 0 Å². The number of hydrogen-bond acceptors (Lipinski definition) is 8. The molecule has 1 atom stereocenters. The number of nitrogens with two attached hydrogens (primary N) is 1. The van der Waals surface area contributed by atoms with Crippen LogP contribution < -0.4 is 5.73 Å². The molecule has 0 spiro atoms. The molecule has 0 unspecified atom stereocenters. The minimum absolute atomic E-state index is 0.0701. The first-order chi connectivity index (χ1) is 15.0. The number of aryl methyl sites for hydroxylation is 1. The van der Waals surface area contributed by atoms with Gasteiger partial charge in [0.1, 0.15) is 20.1 Å². The average Bonchev–Trinajstić information content (AvgIpc) is 2.67. The van der Waals surface area contributed by atoms with Gasteiger partial charge in [-0.1, -0.05) is 47.5 Å². The Hall–Kier alpha value is -2.24. The molecule has 0 saturated heterocycles. The molecular formula is C22H27ClNO7S2-. The van der Waals surface area contributed by atoms with E-state index in [2.05, 4.69) is 0 Å². The van der Waals surface area contributed by atoms with Crippen molar-refractivity contribution < 1.29 is 30.9 Å². The van der Waals surface area contributed by atoms with Crippen LogP contribution in [-0.2, 0) is 29.5 Å². The first kappa shape index (κ1) is 28.8. The molecule has 0 radical (unpaired) electrons. The Kier molecular flexibility index (Phi) is 10.3. The Bertz CT molecular complexity index is 1170. The molecule has 0 bridgehead atoms. The zero-order valence-electron chi connectivity index (χ0n) is 18.7. The van der Waals surface area contributed by atoms with E-state index < -0.39 is 41.9 Å². The van der Waals surface area contributed by atoms with Crippen molar-refractivity contribution in [3.63, 3.8) is 0 Å². The summed E-state index contributed by atoms with van der Waals surface area (Å²) < 4.78 is 60.3. The quantitative estimate of drug-likeness (QED) is 0.453. The molecule has 0 fully saturated rings. The maximum atomic E-state index is 12.2. The summed E-state index contributed by atoms with van der Waals surface area (Å²) in [5, 5.41) is 0. The minimum atomic E-state index is -4.27. The van der Waals surface area contributed by atoms with Gasteiger partial charge in [0.05, 0.1) is 16.2 Å². The smallest absolute Gasteiger partial charge is 0.308 e. The highest BCUT2D eigenvalue weighted by Crippen LogP contribution is 2.22. The van der Waals surface area contributed by atoms with E-state index in [1.165, 1.54) is 24.3 Å². The lowest BCUT2D eigenvalue weighted by Gasteiger charge is -2.20. The van der Waals surface area contributed by atoms with E-state index in [9.17, 15) is 26.2 Å². The zero-order chi connectivity index (χ0) is 25.4. The van der Waals surface area contributed by atoms with Gasteiger partial charge in [-0.3, -0.25) is 4.79 Å². The normalized spacial score (nSPS) is 13.5. The summed E-state index contributed by atoms with van der Waals surface area (Å²) in [5.41, 5.74) is 6.05. The third-order valence-corrected chi connectivity index (χ3v) is 6.91. The molecule has 0 aliphatic rings. The number of halogens is 1. The van der Waals surface area contributed by atoms with E-state index in [0.29, 0.717) is 0 Å². The van der Waals surface area contributed by atoms with E-state index in [1.807, 2.05) is 6.92 Å². The Morgan fingerprint density at radius 1 is 1.03 bits per heavy atom. The van der Waals surface area contributed by atoms with Gasteiger partial charge in [0, 0.05) is 6.04 Å². The van der Waals surface area contributed by atoms with Crippen LogP contribution in [0.3, 0.4) is 0 Å². The van der Waals surface area contributed by atoms with Crippen molar-refractivity contribution in [3.05, 3.63) is 70.6 Å². The molecule has 2 aromatic carbocycles. The lowest BCUT2D eigenvalue weighted by Crippen LogP contribution is -2.29. The number of esters is 1. The Balaban J connectivity index is 0.000000412. The fourth-order valence-electron chi connectivity index (χ4n) is 2.31. The number of hydrogen-bond donors (Lipinski definition) is 1. The van der Waals surface area contributed by atoms with Crippen molar-refractivity contribution in [1.82, 2.24) is 0 Å². The molecule has 8 nitrogen and oxygen atoms in total. The highest BCUT2D eigenvalue weighted by Gasteiger charge is 2.22. The van der Waals surface area contributed by atoms with Gasteiger partial charge in [0.2, 0.25) is 9.84 Å². The van der Waals surface area contributed by atoms with E-state index in [1.54, 1.807) is 51.1 Å². The Morgan fingerprint density at radius 3 is 2.00 bits per heavy atom. The van der Waals surface area contributed by atoms with Crippen LogP contribution in [0.1, 0.15) is 32.8 Å². The van der Waals surface area contributed by atoms with E-state index >= 15 is 0 Å².